The molecule has 0 atom stereocenters. The van der Waals surface area contributed by atoms with E-state index in [1.807, 2.05) is 0 Å². The maximum absolute atomic E-state index is 11.4. The van der Waals surface area contributed by atoms with Crippen LogP contribution < -0.4 is 20.4 Å². The van der Waals surface area contributed by atoms with Crippen LogP contribution in [-0.4, -0.2) is 94.8 Å². The van der Waals surface area contributed by atoms with Crippen LogP contribution in [0.15, 0.2) is 0 Å². The molecule has 49 heavy (non-hydrogen) atoms. The van der Waals surface area contributed by atoms with Crippen LogP contribution in [0.5, 0.6) is 0 Å². The number of aliphatic carboxylic acids is 4. The molecule has 0 aromatic rings. The molecule has 0 aliphatic carbocycles. The second kappa shape index (κ2) is 22.0. The van der Waals surface area contributed by atoms with Gasteiger partial charge in [0, 0.05) is 0 Å². The fourth-order valence-electron chi connectivity index (χ4n) is 1.27. The van der Waals surface area contributed by atoms with Crippen LogP contribution in [0.1, 0.15) is 25.7 Å². The molecule has 0 aliphatic rings. The Morgan fingerprint density at radius 2 is 0.408 bits per heavy atom. The molecule has 0 rings (SSSR count). The number of hydrogen-bond acceptors (Lipinski definition) is 16. The smallest absolute Gasteiger partial charge is 0.542 e. The van der Waals surface area contributed by atoms with Gasteiger partial charge in [-0.25, -0.2) is 0 Å². The van der Waals surface area contributed by atoms with Crippen molar-refractivity contribution < 1.29 is 157 Å². The van der Waals surface area contributed by atoms with E-state index >= 15 is 0 Å². The third-order valence-electron chi connectivity index (χ3n) is 3.46. The Morgan fingerprint density at radius 3 is 0.469 bits per heavy atom. The Labute approximate surface area is 277 Å². The standard InChI is InChI=1S/4C5H3F3O4.Zr/c4*6-5(7,8)3(10)1-2(9)4(11)12;/h4*1H2,(H,11,12);/q;;;;+4/p-4. The van der Waals surface area contributed by atoms with Gasteiger partial charge in [0.25, 0.3) is 0 Å². The Kier molecular flexibility index (Phi) is 24.2. The van der Waals surface area contributed by atoms with Gasteiger partial charge < -0.3 is 39.6 Å². The number of Topliss-reactive ketones (excluding diaryl/α,β-unsaturated/α-hetero) is 8. The summed E-state index contributed by atoms with van der Waals surface area (Å²) in [6.07, 6.45) is -27.5. The molecular formula is C20H8F12O16Zr. The molecule has 0 radical (unpaired) electrons. The number of ketones is 8. The minimum Gasteiger partial charge on any atom is -0.542 e. The third kappa shape index (κ3) is 28.0. The number of alkyl halides is 12. The third-order valence-corrected chi connectivity index (χ3v) is 3.46. The van der Waals surface area contributed by atoms with Crippen molar-refractivity contribution in [1.29, 1.82) is 0 Å². The van der Waals surface area contributed by atoms with Crippen LogP contribution in [0.25, 0.3) is 0 Å². The van der Waals surface area contributed by atoms with Crippen LogP contribution in [0.2, 0.25) is 0 Å². The number of carbonyl (C=O) groups excluding carboxylic acids is 12. The molecule has 0 unspecified atom stereocenters. The van der Waals surface area contributed by atoms with Crippen molar-refractivity contribution >= 4 is 70.1 Å². The summed E-state index contributed by atoms with van der Waals surface area (Å²) in [7, 11) is 0. The summed E-state index contributed by atoms with van der Waals surface area (Å²) in [6, 6.07) is 0. The van der Waals surface area contributed by atoms with Crippen molar-refractivity contribution in [2.45, 2.75) is 50.4 Å². The first-order chi connectivity index (χ1) is 21.0. The van der Waals surface area contributed by atoms with Gasteiger partial charge in [-0.1, -0.05) is 0 Å². The zero-order valence-corrected chi connectivity index (χ0v) is 24.9. The van der Waals surface area contributed by atoms with Crippen molar-refractivity contribution in [3.8, 4) is 0 Å². The molecule has 0 bridgehead atoms. The summed E-state index contributed by atoms with van der Waals surface area (Å²) in [5.74, 6) is -26.3. The Hall–Kier alpha value is -4.72. The zero-order chi connectivity index (χ0) is 39.8. The van der Waals surface area contributed by atoms with Gasteiger partial charge in [0.2, 0.25) is 23.1 Å². The Bertz CT molecular complexity index is 1120. The van der Waals surface area contributed by atoms with E-state index in [4.69, 9.17) is 0 Å². The molecule has 0 amide bonds. The van der Waals surface area contributed by atoms with E-state index in [2.05, 4.69) is 0 Å². The summed E-state index contributed by atoms with van der Waals surface area (Å²) in [4.78, 5) is 118. The average molecular weight is 823 g/mol. The van der Waals surface area contributed by atoms with Crippen molar-refractivity contribution in [1.82, 2.24) is 0 Å². The second-order valence-corrected chi connectivity index (χ2v) is 7.23. The molecular weight excluding hydrogens is 815 g/mol. The van der Waals surface area contributed by atoms with Crippen LogP contribution in [0, 0.1) is 0 Å². The van der Waals surface area contributed by atoms with Crippen molar-refractivity contribution in [2.75, 3.05) is 0 Å². The molecule has 272 valence electrons. The van der Waals surface area contributed by atoms with Gasteiger partial charge in [0.1, 0.15) is 23.9 Å². The fourth-order valence-corrected chi connectivity index (χ4v) is 1.27. The summed E-state index contributed by atoms with van der Waals surface area (Å²) in [5.41, 5.74) is 0. The SMILES string of the molecule is O=C([O-])C(=O)CC(=O)C(F)(F)F.O=C([O-])C(=O)CC(=O)C(F)(F)F.O=C([O-])C(=O)CC(=O)C(F)(F)F.O=C([O-])C(=O)CC(=O)C(F)(F)F.[Zr+4]. The predicted octanol–water partition coefficient (Wildman–Crippen LogP) is -4.69. The Morgan fingerprint density at radius 1 is 0.306 bits per heavy atom. The average Bonchev–Trinajstić information content (AvgIpc) is 2.87. The molecule has 16 nitrogen and oxygen atoms in total. The summed E-state index contributed by atoms with van der Waals surface area (Å²) >= 11 is 0. The largest absolute Gasteiger partial charge is 4.00 e. The van der Waals surface area contributed by atoms with E-state index in [1.165, 1.54) is 0 Å². The minimum absolute atomic E-state index is 0. The van der Waals surface area contributed by atoms with E-state index in [0.717, 1.165) is 0 Å². The molecule has 0 aromatic carbocycles. The summed E-state index contributed by atoms with van der Waals surface area (Å²) in [5, 5.41) is 38.3. The number of carboxylic acid groups (broad SMARTS) is 4. The van der Waals surface area contributed by atoms with Crippen molar-refractivity contribution in [2.24, 2.45) is 0 Å². The topological polar surface area (TPSA) is 297 Å². The first-order valence-electron chi connectivity index (χ1n) is 10.4. The molecule has 0 fully saturated rings. The van der Waals surface area contributed by atoms with Gasteiger partial charge in [0.15, 0.2) is 23.1 Å². The number of rotatable bonds is 12. The monoisotopic (exact) mass is 822 g/mol. The van der Waals surface area contributed by atoms with Gasteiger partial charge in [-0.05, 0) is 0 Å². The Balaban J connectivity index is -0.000000174. The molecule has 0 saturated carbocycles. The number of hydrogen-bond donors (Lipinski definition) is 0. The van der Waals surface area contributed by atoms with Crippen LogP contribution in [0.4, 0.5) is 52.7 Å². The normalized spacial score (nSPS) is 10.7. The van der Waals surface area contributed by atoms with Crippen molar-refractivity contribution in [3.63, 3.8) is 0 Å². The van der Waals surface area contributed by atoms with Gasteiger partial charge in [-0.15, -0.1) is 0 Å². The molecule has 0 heterocycles. The van der Waals surface area contributed by atoms with Crippen LogP contribution in [0.3, 0.4) is 0 Å². The quantitative estimate of drug-likeness (QED) is 0.101. The van der Waals surface area contributed by atoms with E-state index in [9.17, 15) is 131 Å². The van der Waals surface area contributed by atoms with E-state index in [-0.39, 0.29) is 26.2 Å². The van der Waals surface area contributed by atoms with Crippen LogP contribution >= 0.6 is 0 Å². The number of carbonyl (C=O) groups is 12. The molecule has 0 saturated heterocycles. The molecule has 0 spiro atoms. The molecule has 0 aliphatic heterocycles. The number of halogens is 12. The summed E-state index contributed by atoms with van der Waals surface area (Å²) in [6.45, 7) is 0. The first kappa shape index (κ1) is 53.8. The van der Waals surface area contributed by atoms with Crippen molar-refractivity contribution in [3.05, 3.63) is 0 Å². The van der Waals surface area contributed by atoms with E-state index in [0.29, 0.717) is 0 Å². The van der Waals surface area contributed by atoms with E-state index in [1.54, 1.807) is 0 Å². The molecule has 29 heteroatoms. The molecule has 0 aromatic heterocycles. The fraction of sp³-hybridized carbons (Fsp3) is 0.400. The van der Waals surface area contributed by atoms with E-state index < -0.39 is 121 Å². The van der Waals surface area contributed by atoms with Crippen LogP contribution in [-0.2, 0) is 83.7 Å². The summed E-state index contributed by atoms with van der Waals surface area (Å²) < 4.78 is 136. The maximum Gasteiger partial charge on any atom is 4.00 e. The van der Waals surface area contributed by atoms with Gasteiger partial charge in [-0.2, -0.15) is 52.7 Å². The maximum atomic E-state index is 11.4. The van der Waals surface area contributed by atoms with Gasteiger partial charge in [-0.3, -0.25) is 38.4 Å². The molecule has 0 N–H and O–H groups in total. The van der Waals surface area contributed by atoms with Gasteiger partial charge >= 0.3 is 50.9 Å². The first-order valence-corrected chi connectivity index (χ1v) is 10.4. The number of carboxylic acids is 4. The second-order valence-electron chi connectivity index (χ2n) is 7.23. The predicted molar refractivity (Wildman–Crippen MR) is 103 cm³/mol. The zero-order valence-electron chi connectivity index (χ0n) is 22.4. The minimum atomic E-state index is -5.18. The van der Waals surface area contributed by atoms with Gasteiger partial charge in [0.05, 0.1) is 25.7 Å².